The van der Waals surface area contributed by atoms with Gasteiger partial charge in [-0.1, -0.05) is 20.8 Å². The van der Waals surface area contributed by atoms with Gasteiger partial charge in [-0.2, -0.15) is 4.39 Å². The van der Waals surface area contributed by atoms with Crippen molar-refractivity contribution in [3.05, 3.63) is 29.2 Å². The van der Waals surface area contributed by atoms with Crippen LogP contribution in [0.5, 0.6) is 0 Å². The van der Waals surface area contributed by atoms with E-state index in [-0.39, 0.29) is 34.7 Å². The van der Waals surface area contributed by atoms with Crippen LogP contribution >= 0.6 is 0 Å². The Morgan fingerprint density at radius 3 is 2.42 bits per heavy atom. The molecule has 4 fully saturated rings. The third-order valence-corrected chi connectivity index (χ3v) is 12.0. The Bertz CT molecular complexity index is 1190. The van der Waals surface area contributed by atoms with Gasteiger partial charge >= 0.3 is 0 Å². The first-order chi connectivity index (χ1) is 18.0. The van der Waals surface area contributed by atoms with Crippen LogP contribution < -0.4 is 0 Å². The van der Waals surface area contributed by atoms with Gasteiger partial charge in [-0.15, -0.1) is 0 Å². The number of oxazole rings is 1. The number of rotatable bonds is 4. The van der Waals surface area contributed by atoms with E-state index in [1.165, 1.54) is 6.42 Å². The van der Waals surface area contributed by atoms with Gasteiger partial charge < -0.3 is 14.6 Å². The predicted molar refractivity (Wildman–Crippen MR) is 134 cm³/mol. The Morgan fingerprint density at radius 1 is 0.921 bits per heavy atom. The van der Waals surface area contributed by atoms with Crippen molar-refractivity contribution in [1.29, 1.82) is 0 Å². The standard InChI is InChI=1S/C30H39F4NO3/c1-14(4-9-22-35-27-25(33)23(31)24(32)26(34)28(27)38-22)18-7-8-19-17-6-5-15-12-16(36)10-11-29(15,2)20(17)13-21(37)30(18,19)3/h14-21,36-37H,4-13H2,1-3H3/t14?,15-,16-,17+,18-,19+,20+,21+,29+,30-/m1/s1. The average molecular weight is 538 g/mol. The Labute approximate surface area is 221 Å². The van der Waals surface area contributed by atoms with E-state index in [9.17, 15) is 27.8 Å². The summed E-state index contributed by atoms with van der Waals surface area (Å²) in [6.45, 7) is 6.83. The van der Waals surface area contributed by atoms with Crippen molar-refractivity contribution >= 4 is 11.1 Å². The number of aryl methyl sites for hydroxylation is 1. The largest absolute Gasteiger partial charge is 0.437 e. The van der Waals surface area contributed by atoms with Gasteiger partial charge in [0.25, 0.3) is 0 Å². The van der Waals surface area contributed by atoms with E-state index >= 15 is 0 Å². The normalized spacial score (nSPS) is 41.6. The molecule has 0 aliphatic heterocycles. The molecular weight excluding hydrogens is 498 g/mol. The molecule has 2 aromatic rings. The summed E-state index contributed by atoms with van der Waals surface area (Å²) in [6, 6.07) is 0. The maximum Gasteiger partial charge on any atom is 0.206 e. The SMILES string of the molecule is CC(CCc1nc2c(F)c(F)c(F)c(F)c2o1)[C@H]1CC[C@H]2[C@@H]3CC[C@@H]4C[C@H](O)CC[C@]4(C)[C@H]3C[C@H](O)[C@]12C. The Morgan fingerprint density at radius 2 is 1.66 bits per heavy atom. The molecule has 1 unspecified atom stereocenters. The summed E-state index contributed by atoms with van der Waals surface area (Å²) in [7, 11) is 0. The zero-order valence-electron chi connectivity index (χ0n) is 22.5. The minimum atomic E-state index is -1.90. The van der Waals surface area contributed by atoms with Crippen molar-refractivity contribution in [1.82, 2.24) is 4.98 Å². The molecule has 1 aromatic carbocycles. The van der Waals surface area contributed by atoms with Crippen LogP contribution in [0.25, 0.3) is 11.1 Å². The van der Waals surface area contributed by atoms with E-state index in [2.05, 4.69) is 25.8 Å². The van der Waals surface area contributed by atoms with Crippen molar-refractivity contribution in [3.8, 4) is 0 Å². The number of hydrogen-bond acceptors (Lipinski definition) is 4. The fourth-order valence-electron chi connectivity index (χ4n) is 9.88. The first-order valence-corrected chi connectivity index (χ1v) is 14.4. The number of halogens is 4. The highest BCUT2D eigenvalue weighted by molar-refractivity contribution is 5.74. The molecule has 1 heterocycles. The molecular formula is C30H39F4NO3. The summed E-state index contributed by atoms with van der Waals surface area (Å²) in [5.74, 6) is -4.27. The number of benzene rings is 1. The van der Waals surface area contributed by atoms with Crippen LogP contribution in [0.4, 0.5) is 17.6 Å². The zero-order valence-corrected chi connectivity index (χ0v) is 22.5. The van der Waals surface area contributed by atoms with Gasteiger partial charge in [0.15, 0.2) is 28.6 Å². The van der Waals surface area contributed by atoms with Crippen LogP contribution in [0.3, 0.4) is 0 Å². The Balaban J connectivity index is 1.19. The van der Waals surface area contributed by atoms with Crippen LogP contribution in [0.2, 0.25) is 0 Å². The minimum absolute atomic E-state index is 0.0596. The third-order valence-electron chi connectivity index (χ3n) is 12.0. The molecule has 0 radical (unpaired) electrons. The highest BCUT2D eigenvalue weighted by Gasteiger charge is 2.63. The molecule has 0 spiro atoms. The fraction of sp³-hybridized carbons (Fsp3) is 0.767. The smallest absolute Gasteiger partial charge is 0.206 e. The van der Waals surface area contributed by atoms with Crippen molar-refractivity contribution in [2.45, 2.75) is 97.2 Å². The quantitative estimate of drug-likeness (QED) is 0.252. The summed E-state index contributed by atoms with van der Waals surface area (Å²) in [5, 5.41) is 22.0. The molecule has 4 aliphatic rings. The zero-order chi connectivity index (χ0) is 27.1. The predicted octanol–water partition coefficient (Wildman–Crippen LogP) is 6.94. The number of hydrogen-bond donors (Lipinski definition) is 2. The van der Waals surface area contributed by atoms with E-state index < -0.39 is 40.5 Å². The first-order valence-electron chi connectivity index (χ1n) is 14.4. The molecule has 4 saturated carbocycles. The molecule has 10 atom stereocenters. The van der Waals surface area contributed by atoms with Crippen LogP contribution in [-0.2, 0) is 6.42 Å². The molecule has 6 rings (SSSR count). The van der Waals surface area contributed by atoms with E-state index in [0.717, 1.165) is 44.9 Å². The molecule has 0 saturated heterocycles. The molecule has 8 heteroatoms. The van der Waals surface area contributed by atoms with Gasteiger partial charge in [-0.25, -0.2) is 18.2 Å². The van der Waals surface area contributed by atoms with Crippen molar-refractivity contribution in [2.24, 2.45) is 46.3 Å². The monoisotopic (exact) mass is 537 g/mol. The molecule has 0 bridgehead atoms. The fourth-order valence-corrected chi connectivity index (χ4v) is 9.88. The molecule has 4 nitrogen and oxygen atoms in total. The maximum atomic E-state index is 14.1. The minimum Gasteiger partial charge on any atom is -0.437 e. The average Bonchev–Trinajstić information content (AvgIpc) is 3.48. The lowest BCUT2D eigenvalue weighted by Gasteiger charge is -2.62. The summed E-state index contributed by atoms with van der Waals surface area (Å²) < 4.78 is 60.8. The number of fused-ring (bicyclic) bond motifs is 6. The third kappa shape index (κ3) is 3.71. The van der Waals surface area contributed by atoms with Crippen molar-refractivity contribution < 1.29 is 32.2 Å². The lowest BCUT2D eigenvalue weighted by Crippen LogP contribution is -2.58. The lowest BCUT2D eigenvalue weighted by molar-refractivity contribution is -0.174. The molecule has 2 N–H and O–H groups in total. The molecule has 4 aliphatic carbocycles. The van der Waals surface area contributed by atoms with E-state index in [0.29, 0.717) is 36.5 Å². The van der Waals surface area contributed by atoms with E-state index in [1.807, 2.05) is 0 Å². The molecule has 0 amide bonds. The van der Waals surface area contributed by atoms with Gasteiger partial charge in [0.2, 0.25) is 11.6 Å². The second-order valence-corrected chi connectivity index (χ2v) is 13.4. The number of aliphatic hydroxyl groups is 2. The molecule has 38 heavy (non-hydrogen) atoms. The lowest BCUT2D eigenvalue weighted by atomic mass is 9.43. The summed E-state index contributed by atoms with van der Waals surface area (Å²) in [6.07, 6.45) is 8.36. The van der Waals surface area contributed by atoms with Crippen LogP contribution in [-0.4, -0.2) is 27.4 Å². The van der Waals surface area contributed by atoms with Gasteiger partial charge in [0, 0.05) is 6.42 Å². The number of aliphatic hydroxyl groups excluding tert-OH is 2. The highest BCUT2D eigenvalue weighted by Crippen LogP contribution is 2.68. The van der Waals surface area contributed by atoms with Crippen molar-refractivity contribution in [2.75, 3.05) is 0 Å². The molecule has 1 aromatic heterocycles. The number of aromatic nitrogens is 1. The summed E-state index contributed by atoms with van der Waals surface area (Å²) >= 11 is 0. The number of nitrogens with zero attached hydrogens (tertiary/aromatic N) is 1. The Hall–Kier alpha value is -1.67. The first kappa shape index (κ1) is 26.5. The van der Waals surface area contributed by atoms with Gasteiger partial charge in [0.1, 0.15) is 0 Å². The summed E-state index contributed by atoms with van der Waals surface area (Å²) in [5.41, 5.74) is -1.33. The summed E-state index contributed by atoms with van der Waals surface area (Å²) in [4.78, 5) is 3.94. The van der Waals surface area contributed by atoms with Gasteiger partial charge in [-0.05, 0) is 104 Å². The van der Waals surface area contributed by atoms with Crippen LogP contribution in [0.1, 0.15) is 84.4 Å². The Kier molecular flexibility index (Phi) is 6.42. The maximum absolute atomic E-state index is 14.1. The van der Waals surface area contributed by atoms with Gasteiger partial charge in [-0.3, -0.25) is 0 Å². The topological polar surface area (TPSA) is 66.5 Å². The van der Waals surface area contributed by atoms with Crippen LogP contribution in [0, 0.1) is 69.6 Å². The second-order valence-electron chi connectivity index (χ2n) is 13.4. The van der Waals surface area contributed by atoms with Gasteiger partial charge in [0.05, 0.1) is 12.2 Å². The van der Waals surface area contributed by atoms with E-state index in [1.54, 1.807) is 0 Å². The van der Waals surface area contributed by atoms with Crippen molar-refractivity contribution in [3.63, 3.8) is 0 Å². The van der Waals surface area contributed by atoms with E-state index in [4.69, 9.17) is 4.42 Å². The second kappa shape index (κ2) is 9.18. The molecule has 210 valence electrons. The van der Waals surface area contributed by atoms with Crippen LogP contribution in [0.15, 0.2) is 4.42 Å². The highest BCUT2D eigenvalue weighted by atomic mass is 19.2.